The van der Waals surface area contributed by atoms with Gasteiger partial charge in [-0.15, -0.1) is 0 Å². The monoisotopic (exact) mass is 214 g/mol. The van der Waals surface area contributed by atoms with Crippen molar-refractivity contribution in [3.63, 3.8) is 0 Å². The lowest BCUT2D eigenvalue weighted by Gasteiger charge is -2.26. The Morgan fingerprint density at radius 3 is 2.57 bits per heavy atom. The van der Waals surface area contributed by atoms with Crippen LogP contribution >= 0.6 is 11.9 Å². The summed E-state index contributed by atoms with van der Waals surface area (Å²) in [5.74, 6) is 0. The van der Waals surface area contributed by atoms with E-state index in [2.05, 4.69) is 23.1 Å². The first-order chi connectivity index (χ1) is 6.86. The highest BCUT2D eigenvalue weighted by molar-refractivity contribution is 7.98. The van der Waals surface area contributed by atoms with Crippen molar-refractivity contribution in [2.24, 2.45) is 4.99 Å². The van der Waals surface area contributed by atoms with Gasteiger partial charge in [0, 0.05) is 18.3 Å². The summed E-state index contributed by atoms with van der Waals surface area (Å²) in [7, 11) is 0. The lowest BCUT2D eigenvalue weighted by Crippen LogP contribution is -2.20. The molecule has 82 valence electrons. The minimum absolute atomic E-state index is 0.840. The first-order valence-electron chi connectivity index (χ1n) is 5.80. The van der Waals surface area contributed by atoms with Crippen LogP contribution in [0.1, 0.15) is 46.0 Å². The molecule has 1 fully saturated rings. The summed E-state index contributed by atoms with van der Waals surface area (Å²) in [6.07, 6.45) is 9.05. The van der Waals surface area contributed by atoms with E-state index in [1.165, 1.54) is 32.1 Å². The lowest BCUT2D eigenvalue weighted by atomic mass is 10.0. The second-order valence-electron chi connectivity index (χ2n) is 3.71. The molecule has 1 aliphatic carbocycles. The van der Waals surface area contributed by atoms with Gasteiger partial charge in [-0.3, -0.25) is 4.99 Å². The van der Waals surface area contributed by atoms with E-state index in [9.17, 15) is 0 Å². The van der Waals surface area contributed by atoms with E-state index < -0.39 is 0 Å². The van der Waals surface area contributed by atoms with Crippen LogP contribution in [0.3, 0.4) is 0 Å². The summed E-state index contributed by atoms with van der Waals surface area (Å²) in [5, 5.41) is 0.840. The molecule has 1 saturated carbocycles. The molecular weight excluding hydrogens is 192 g/mol. The molecule has 0 atom stereocenters. The molecule has 0 heterocycles. The van der Waals surface area contributed by atoms with Crippen LogP contribution in [0.15, 0.2) is 4.99 Å². The van der Waals surface area contributed by atoms with E-state index in [0.29, 0.717) is 0 Å². The Labute approximate surface area is 92.3 Å². The van der Waals surface area contributed by atoms with Crippen LogP contribution in [0.2, 0.25) is 0 Å². The van der Waals surface area contributed by atoms with Gasteiger partial charge in [0.05, 0.1) is 6.34 Å². The third kappa shape index (κ3) is 4.36. The fourth-order valence-corrected chi connectivity index (χ4v) is 2.92. The Morgan fingerprint density at radius 2 is 2.00 bits per heavy atom. The van der Waals surface area contributed by atoms with Crippen molar-refractivity contribution in [1.82, 2.24) is 4.31 Å². The van der Waals surface area contributed by atoms with Crippen LogP contribution in [0, 0.1) is 0 Å². The zero-order valence-corrected chi connectivity index (χ0v) is 10.2. The maximum absolute atomic E-state index is 4.29. The maximum atomic E-state index is 4.29. The van der Waals surface area contributed by atoms with E-state index in [1.807, 2.05) is 18.3 Å². The van der Waals surface area contributed by atoms with Gasteiger partial charge in [-0.05, 0) is 38.6 Å². The number of rotatable bonds is 5. The van der Waals surface area contributed by atoms with Gasteiger partial charge in [-0.2, -0.15) is 0 Å². The molecule has 0 radical (unpaired) electrons. The highest BCUT2D eigenvalue weighted by Gasteiger charge is 2.15. The zero-order valence-electron chi connectivity index (χ0n) is 9.41. The van der Waals surface area contributed by atoms with E-state index >= 15 is 0 Å². The molecule has 0 bridgehead atoms. The summed E-state index contributed by atoms with van der Waals surface area (Å²) >= 11 is 1.99. The van der Waals surface area contributed by atoms with E-state index in [0.717, 1.165) is 18.3 Å². The van der Waals surface area contributed by atoms with Crippen LogP contribution in [-0.4, -0.2) is 29.0 Å². The summed E-state index contributed by atoms with van der Waals surface area (Å²) in [6, 6.07) is 0. The van der Waals surface area contributed by atoms with Gasteiger partial charge in [0.1, 0.15) is 0 Å². The van der Waals surface area contributed by atoms with Crippen LogP contribution in [0.5, 0.6) is 0 Å². The van der Waals surface area contributed by atoms with Gasteiger partial charge in [0.2, 0.25) is 0 Å². The van der Waals surface area contributed by atoms with E-state index in [4.69, 9.17) is 0 Å². The molecule has 0 saturated heterocycles. The third-order valence-corrected chi connectivity index (χ3v) is 3.93. The minimum atomic E-state index is 0.840. The topological polar surface area (TPSA) is 15.6 Å². The van der Waals surface area contributed by atoms with Gasteiger partial charge in [-0.1, -0.05) is 19.3 Å². The first-order valence-corrected chi connectivity index (χ1v) is 6.63. The predicted octanol–water partition coefficient (Wildman–Crippen LogP) is 3.34. The molecule has 0 unspecified atom stereocenters. The van der Waals surface area contributed by atoms with Crippen molar-refractivity contribution in [2.45, 2.75) is 51.2 Å². The van der Waals surface area contributed by atoms with Crippen molar-refractivity contribution in [3.8, 4) is 0 Å². The molecule has 14 heavy (non-hydrogen) atoms. The number of nitrogens with zero attached hydrogens (tertiary/aromatic N) is 2. The second kappa shape index (κ2) is 7.16. The molecule has 0 N–H and O–H groups in total. The van der Waals surface area contributed by atoms with E-state index in [-0.39, 0.29) is 0 Å². The highest BCUT2D eigenvalue weighted by Crippen LogP contribution is 2.29. The predicted molar refractivity (Wildman–Crippen MR) is 65.9 cm³/mol. The fourth-order valence-electron chi connectivity index (χ4n) is 1.72. The molecule has 0 aliphatic heterocycles. The summed E-state index contributed by atoms with van der Waals surface area (Å²) in [5.41, 5.74) is 0. The highest BCUT2D eigenvalue weighted by atomic mass is 32.2. The molecule has 0 spiro atoms. The Balaban J connectivity index is 2.27. The number of aliphatic imine (C=N–C) groups is 1. The molecule has 3 heteroatoms. The Kier molecular flexibility index (Phi) is 6.08. The lowest BCUT2D eigenvalue weighted by molar-refractivity contribution is 0.510. The maximum Gasteiger partial charge on any atom is 0.0949 e. The molecule has 0 aromatic heterocycles. The quantitative estimate of drug-likeness (QED) is 0.396. The number of hydrogen-bond acceptors (Lipinski definition) is 2. The molecule has 0 amide bonds. The van der Waals surface area contributed by atoms with Gasteiger partial charge in [0.15, 0.2) is 0 Å². The zero-order chi connectivity index (χ0) is 10.2. The molecule has 1 rings (SSSR count). The fraction of sp³-hybridized carbons (Fsp3) is 0.909. The van der Waals surface area contributed by atoms with Crippen LogP contribution in [0.4, 0.5) is 0 Å². The normalized spacial score (nSPS) is 19.0. The third-order valence-electron chi connectivity index (χ3n) is 2.54. The van der Waals surface area contributed by atoms with Gasteiger partial charge < -0.3 is 4.31 Å². The van der Waals surface area contributed by atoms with Crippen molar-refractivity contribution >= 4 is 18.3 Å². The van der Waals surface area contributed by atoms with Crippen LogP contribution in [-0.2, 0) is 0 Å². The Hall–Kier alpha value is -0.180. The van der Waals surface area contributed by atoms with Gasteiger partial charge in [-0.25, -0.2) is 0 Å². The second-order valence-corrected chi connectivity index (χ2v) is 5.06. The van der Waals surface area contributed by atoms with Crippen molar-refractivity contribution in [1.29, 1.82) is 0 Å². The largest absolute Gasteiger partial charge is 0.307 e. The average Bonchev–Trinajstić information content (AvgIpc) is 2.25. The van der Waals surface area contributed by atoms with Crippen molar-refractivity contribution in [3.05, 3.63) is 0 Å². The molecule has 0 aromatic carbocycles. The molecule has 0 aromatic rings. The SMILES string of the molecule is CC/N=C/N(CC)SC1CCCCC1. The smallest absolute Gasteiger partial charge is 0.0949 e. The summed E-state index contributed by atoms with van der Waals surface area (Å²) in [6.45, 7) is 6.22. The molecular formula is C11H22N2S. The summed E-state index contributed by atoms with van der Waals surface area (Å²) < 4.78 is 2.28. The van der Waals surface area contributed by atoms with E-state index in [1.54, 1.807) is 0 Å². The summed E-state index contributed by atoms with van der Waals surface area (Å²) in [4.78, 5) is 4.29. The van der Waals surface area contributed by atoms with Gasteiger partial charge >= 0.3 is 0 Å². The van der Waals surface area contributed by atoms with Crippen LogP contribution in [0.25, 0.3) is 0 Å². The van der Waals surface area contributed by atoms with Crippen molar-refractivity contribution in [2.75, 3.05) is 13.1 Å². The van der Waals surface area contributed by atoms with Crippen molar-refractivity contribution < 1.29 is 0 Å². The standard InChI is InChI=1S/C11H22N2S/c1-3-12-10-13(4-2)14-11-8-6-5-7-9-11/h10-11H,3-9H2,1-2H3/b12-10+. The average molecular weight is 214 g/mol. The Bertz CT molecular complexity index is 165. The Morgan fingerprint density at radius 1 is 1.29 bits per heavy atom. The molecule has 1 aliphatic rings. The minimum Gasteiger partial charge on any atom is -0.307 e. The number of hydrogen-bond donors (Lipinski definition) is 0. The van der Waals surface area contributed by atoms with Crippen LogP contribution < -0.4 is 0 Å². The first kappa shape index (κ1) is 11.9. The molecule has 2 nitrogen and oxygen atoms in total. The van der Waals surface area contributed by atoms with Gasteiger partial charge in [0.25, 0.3) is 0 Å².